The lowest BCUT2D eigenvalue weighted by Gasteiger charge is -2.31. The van der Waals surface area contributed by atoms with Gasteiger partial charge < -0.3 is 14.9 Å². The summed E-state index contributed by atoms with van der Waals surface area (Å²) in [7, 11) is 1.55. The van der Waals surface area contributed by atoms with E-state index in [1.54, 1.807) is 24.1 Å². The number of hydrogen-bond donors (Lipinski definition) is 1. The van der Waals surface area contributed by atoms with Crippen LogP contribution in [0.5, 0.6) is 0 Å². The van der Waals surface area contributed by atoms with E-state index in [0.29, 0.717) is 25.9 Å². The minimum atomic E-state index is -0.814. The van der Waals surface area contributed by atoms with E-state index in [4.69, 9.17) is 5.11 Å². The van der Waals surface area contributed by atoms with Gasteiger partial charge >= 0.3 is 5.97 Å². The molecule has 124 valence electrons. The molecule has 1 fully saturated rings. The third-order valence-electron chi connectivity index (χ3n) is 3.86. The molecule has 8 heteroatoms. The van der Waals surface area contributed by atoms with E-state index in [-0.39, 0.29) is 30.0 Å². The summed E-state index contributed by atoms with van der Waals surface area (Å²) in [6.45, 7) is 0.775. The standard InChI is InChI=1S/C15H18BrN3O4/c1-18(14(21)12-3-2-11(16)8-17-12)9-13(20)19-6-4-10(5-7-19)15(22)23/h2-3,8,10H,4-7,9H2,1H3,(H,22,23). The highest BCUT2D eigenvalue weighted by Crippen LogP contribution is 2.17. The van der Waals surface area contributed by atoms with Crippen LogP contribution in [0.2, 0.25) is 0 Å². The van der Waals surface area contributed by atoms with Crippen LogP contribution < -0.4 is 0 Å². The van der Waals surface area contributed by atoms with Gasteiger partial charge in [0.15, 0.2) is 0 Å². The lowest BCUT2D eigenvalue weighted by Crippen LogP contribution is -2.45. The molecule has 2 heterocycles. The van der Waals surface area contributed by atoms with E-state index in [1.165, 1.54) is 11.1 Å². The molecule has 1 N–H and O–H groups in total. The first kappa shape index (κ1) is 17.4. The fraction of sp³-hybridized carbons (Fsp3) is 0.467. The highest BCUT2D eigenvalue weighted by Gasteiger charge is 2.28. The SMILES string of the molecule is CN(CC(=O)N1CCC(C(=O)O)CC1)C(=O)c1ccc(Br)cn1. The fourth-order valence-electron chi connectivity index (χ4n) is 2.45. The third-order valence-corrected chi connectivity index (χ3v) is 4.33. The normalized spacial score (nSPS) is 15.3. The molecule has 23 heavy (non-hydrogen) atoms. The molecule has 1 aromatic rings. The second kappa shape index (κ2) is 7.54. The molecule has 0 aliphatic carbocycles. The Bertz CT molecular complexity index is 597. The Morgan fingerprint density at radius 2 is 2.00 bits per heavy atom. The lowest BCUT2D eigenvalue weighted by molar-refractivity contribution is -0.145. The van der Waals surface area contributed by atoms with Crippen molar-refractivity contribution in [1.82, 2.24) is 14.8 Å². The number of piperidine rings is 1. The van der Waals surface area contributed by atoms with Crippen LogP contribution in [0.25, 0.3) is 0 Å². The number of carboxylic acid groups (broad SMARTS) is 1. The number of hydrogen-bond acceptors (Lipinski definition) is 4. The van der Waals surface area contributed by atoms with E-state index in [9.17, 15) is 14.4 Å². The zero-order valence-corrected chi connectivity index (χ0v) is 14.3. The number of likely N-dealkylation sites (tertiary alicyclic amines) is 1. The number of carbonyl (C=O) groups is 3. The molecule has 0 radical (unpaired) electrons. The lowest BCUT2D eigenvalue weighted by atomic mass is 9.97. The molecule has 2 rings (SSSR count). The Balaban J connectivity index is 1.88. The summed E-state index contributed by atoms with van der Waals surface area (Å²) in [6, 6.07) is 3.30. The maximum absolute atomic E-state index is 12.2. The number of halogens is 1. The van der Waals surface area contributed by atoms with Crippen LogP contribution in [-0.4, -0.2) is 64.4 Å². The van der Waals surface area contributed by atoms with Gasteiger partial charge in [-0.3, -0.25) is 14.4 Å². The second-order valence-corrected chi connectivity index (χ2v) is 6.43. The van der Waals surface area contributed by atoms with Crippen molar-refractivity contribution in [1.29, 1.82) is 0 Å². The Morgan fingerprint density at radius 3 is 2.52 bits per heavy atom. The van der Waals surface area contributed by atoms with Crippen molar-refractivity contribution < 1.29 is 19.5 Å². The zero-order valence-electron chi connectivity index (χ0n) is 12.7. The van der Waals surface area contributed by atoms with Gasteiger partial charge in [0.25, 0.3) is 5.91 Å². The molecule has 1 aliphatic rings. The van der Waals surface area contributed by atoms with Crippen molar-refractivity contribution in [3.63, 3.8) is 0 Å². The van der Waals surface area contributed by atoms with E-state index in [2.05, 4.69) is 20.9 Å². The molecule has 0 bridgehead atoms. The van der Waals surface area contributed by atoms with Gasteiger partial charge in [0.1, 0.15) is 5.69 Å². The third kappa shape index (κ3) is 4.51. The minimum Gasteiger partial charge on any atom is -0.481 e. The summed E-state index contributed by atoms with van der Waals surface area (Å²) < 4.78 is 0.772. The average Bonchev–Trinajstić information content (AvgIpc) is 2.54. The summed E-state index contributed by atoms with van der Waals surface area (Å²) in [5.74, 6) is -1.70. The molecular formula is C15H18BrN3O4. The average molecular weight is 384 g/mol. The number of aliphatic carboxylic acids is 1. The quantitative estimate of drug-likeness (QED) is 0.844. The first-order chi connectivity index (χ1) is 10.9. The summed E-state index contributed by atoms with van der Waals surface area (Å²) in [5, 5.41) is 8.96. The van der Waals surface area contributed by atoms with Crippen LogP contribution in [0.1, 0.15) is 23.3 Å². The maximum Gasteiger partial charge on any atom is 0.306 e. The first-order valence-electron chi connectivity index (χ1n) is 7.26. The van der Waals surface area contributed by atoms with Gasteiger partial charge in [-0.25, -0.2) is 4.98 Å². The smallest absolute Gasteiger partial charge is 0.306 e. The summed E-state index contributed by atoms with van der Waals surface area (Å²) in [5.41, 5.74) is 0.271. The molecular weight excluding hydrogens is 366 g/mol. The van der Waals surface area contributed by atoms with E-state index in [0.717, 1.165) is 4.47 Å². The number of carbonyl (C=O) groups excluding carboxylic acids is 2. The van der Waals surface area contributed by atoms with Crippen molar-refractivity contribution >= 4 is 33.7 Å². The van der Waals surface area contributed by atoms with E-state index < -0.39 is 5.97 Å². The largest absolute Gasteiger partial charge is 0.481 e. The van der Waals surface area contributed by atoms with Gasteiger partial charge in [-0.1, -0.05) is 0 Å². The monoisotopic (exact) mass is 383 g/mol. The minimum absolute atomic E-state index is 0.0473. The van der Waals surface area contributed by atoms with Crippen molar-refractivity contribution in [3.05, 3.63) is 28.5 Å². The Morgan fingerprint density at radius 1 is 1.35 bits per heavy atom. The highest BCUT2D eigenvalue weighted by molar-refractivity contribution is 9.10. The van der Waals surface area contributed by atoms with Crippen molar-refractivity contribution in [2.24, 2.45) is 5.92 Å². The topological polar surface area (TPSA) is 90.8 Å². The van der Waals surface area contributed by atoms with Gasteiger partial charge in [0, 0.05) is 30.8 Å². The van der Waals surface area contributed by atoms with Crippen LogP contribution in [-0.2, 0) is 9.59 Å². The number of amides is 2. The zero-order chi connectivity index (χ0) is 17.0. The molecule has 1 aliphatic heterocycles. The van der Waals surface area contributed by atoms with E-state index in [1.807, 2.05) is 0 Å². The van der Waals surface area contributed by atoms with Crippen LogP contribution in [0.15, 0.2) is 22.8 Å². The van der Waals surface area contributed by atoms with Gasteiger partial charge in [0.2, 0.25) is 5.91 Å². The number of rotatable bonds is 4. The number of pyridine rings is 1. The number of nitrogens with zero attached hydrogens (tertiary/aromatic N) is 3. The molecule has 0 saturated carbocycles. The summed E-state index contributed by atoms with van der Waals surface area (Å²) in [6.07, 6.45) is 2.43. The number of likely N-dealkylation sites (N-methyl/N-ethyl adjacent to an activating group) is 1. The van der Waals surface area contributed by atoms with Gasteiger partial charge in [-0.2, -0.15) is 0 Å². The van der Waals surface area contributed by atoms with Crippen LogP contribution in [0.3, 0.4) is 0 Å². The predicted molar refractivity (Wildman–Crippen MR) is 85.8 cm³/mol. The number of carboxylic acids is 1. The van der Waals surface area contributed by atoms with Crippen LogP contribution in [0.4, 0.5) is 0 Å². The molecule has 0 unspecified atom stereocenters. The molecule has 1 saturated heterocycles. The van der Waals surface area contributed by atoms with Gasteiger partial charge in [-0.05, 0) is 40.9 Å². The van der Waals surface area contributed by atoms with Gasteiger partial charge in [-0.15, -0.1) is 0 Å². The highest BCUT2D eigenvalue weighted by atomic mass is 79.9. The molecule has 0 aromatic carbocycles. The van der Waals surface area contributed by atoms with Crippen molar-refractivity contribution in [3.8, 4) is 0 Å². The second-order valence-electron chi connectivity index (χ2n) is 5.52. The molecule has 2 amide bonds. The predicted octanol–water partition coefficient (Wildman–Crippen LogP) is 1.24. The summed E-state index contributed by atoms with van der Waals surface area (Å²) >= 11 is 3.25. The maximum atomic E-state index is 12.2. The molecule has 0 spiro atoms. The number of aromatic nitrogens is 1. The van der Waals surface area contributed by atoms with Crippen LogP contribution >= 0.6 is 15.9 Å². The molecule has 1 aromatic heterocycles. The van der Waals surface area contributed by atoms with Crippen molar-refractivity contribution in [2.45, 2.75) is 12.8 Å². The van der Waals surface area contributed by atoms with E-state index >= 15 is 0 Å². The molecule has 7 nitrogen and oxygen atoms in total. The van der Waals surface area contributed by atoms with Crippen LogP contribution in [0, 0.1) is 5.92 Å². The van der Waals surface area contributed by atoms with Gasteiger partial charge in [0.05, 0.1) is 12.5 Å². The Hall–Kier alpha value is -1.96. The Kier molecular flexibility index (Phi) is 5.70. The van der Waals surface area contributed by atoms with Crippen molar-refractivity contribution in [2.75, 3.05) is 26.7 Å². The molecule has 0 atom stereocenters. The Labute approximate surface area is 142 Å². The first-order valence-corrected chi connectivity index (χ1v) is 8.05. The fourth-order valence-corrected chi connectivity index (χ4v) is 2.68. The summed E-state index contributed by atoms with van der Waals surface area (Å²) in [4.78, 5) is 42.3.